The molecule has 0 fully saturated rings. The van der Waals surface area contributed by atoms with Gasteiger partial charge in [0, 0.05) is 0 Å². The maximum Gasteiger partial charge on any atom is 0.117 e. The normalized spacial score (nSPS) is 9.90. The van der Waals surface area contributed by atoms with Crippen LogP contribution in [0.4, 0.5) is 0 Å². The zero-order valence-electron chi connectivity index (χ0n) is 5.83. The van der Waals surface area contributed by atoms with E-state index < -0.39 is 0 Å². The Morgan fingerprint density at radius 3 is 2.80 bits per heavy atom. The minimum atomic E-state index is 0.676. The van der Waals surface area contributed by atoms with E-state index in [1.54, 1.807) is 18.0 Å². The van der Waals surface area contributed by atoms with Crippen molar-refractivity contribution in [3.63, 3.8) is 0 Å². The Balaban J connectivity index is 3.07. The number of thiol groups is 1. The first-order valence-electron chi connectivity index (χ1n) is 2.80. The third-order valence-corrected chi connectivity index (χ3v) is 2.09. The minimum absolute atomic E-state index is 0.676. The molecular weight excluding hydrogens is 164 g/mol. The summed E-state index contributed by atoms with van der Waals surface area (Å²) in [4.78, 5) is 8.25. The summed E-state index contributed by atoms with van der Waals surface area (Å²) in [5, 5.41) is 1.65. The van der Waals surface area contributed by atoms with Crippen molar-refractivity contribution < 1.29 is 0 Å². The lowest BCUT2D eigenvalue weighted by Gasteiger charge is -1.98. The zero-order valence-corrected chi connectivity index (χ0v) is 7.54. The molecule has 0 aliphatic rings. The highest BCUT2D eigenvalue weighted by Gasteiger charge is 1.97. The van der Waals surface area contributed by atoms with Crippen molar-refractivity contribution >= 4 is 24.4 Å². The summed E-state index contributed by atoms with van der Waals surface area (Å²) < 4.78 is 0. The molecule has 0 radical (unpaired) electrons. The molecule has 2 nitrogen and oxygen atoms in total. The Morgan fingerprint density at radius 1 is 1.60 bits per heavy atom. The van der Waals surface area contributed by atoms with E-state index in [1.165, 1.54) is 0 Å². The van der Waals surface area contributed by atoms with Crippen molar-refractivity contribution in [1.29, 1.82) is 0 Å². The number of aryl methyl sites for hydroxylation is 1. The van der Waals surface area contributed by atoms with Gasteiger partial charge in [-0.1, -0.05) is 0 Å². The second-order valence-corrected chi connectivity index (χ2v) is 3.08. The molecule has 0 N–H and O–H groups in total. The van der Waals surface area contributed by atoms with Crippen LogP contribution < -0.4 is 0 Å². The van der Waals surface area contributed by atoms with Crippen LogP contribution in [0.15, 0.2) is 16.2 Å². The molecule has 0 aliphatic heterocycles. The third-order valence-electron chi connectivity index (χ3n) is 1.08. The van der Waals surface area contributed by atoms with Crippen molar-refractivity contribution in [3.05, 3.63) is 11.9 Å². The van der Waals surface area contributed by atoms with Gasteiger partial charge in [0.15, 0.2) is 0 Å². The van der Waals surface area contributed by atoms with E-state index in [0.717, 1.165) is 10.7 Å². The fourth-order valence-corrected chi connectivity index (χ4v) is 1.37. The molecule has 10 heavy (non-hydrogen) atoms. The maximum atomic E-state index is 4.13. The summed E-state index contributed by atoms with van der Waals surface area (Å²) in [5.74, 6) is 0. The first kappa shape index (κ1) is 7.88. The Labute approximate surface area is 69.9 Å². The highest BCUT2D eigenvalue weighted by atomic mass is 32.2. The molecular formula is C6H8N2S2. The lowest BCUT2D eigenvalue weighted by Crippen LogP contribution is -1.89. The number of hydrogen-bond acceptors (Lipinski definition) is 4. The fraction of sp³-hybridized carbons (Fsp3) is 0.333. The van der Waals surface area contributed by atoms with Gasteiger partial charge in [0.2, 0.25) is 0 Å². The molecule has 0 atom stereocenters. The van der Waals surface area contributed by atoms with Gasteiger partial charge in [-0.3, -0.25) is 0 Å². The molecule has 0 aromatic carbocycles. The maximum absolute atomic E-state index is 4.13. The molecule has 0 aliphatic carbocycles. The monoisotopic (exact) mass is 172 g/mol. The van der Waals surface area contributed by atoms with Gasteiger partial charge in [-0.05, 0) is 13.2 Å². The zero-order chi connectivity index (χ0) is 7.56. The fourth-order valence-electron chi connectivity index (χ4n) is 0.659. The van der Waals surface area contributed by atoms with Gasteiger partial charge in [0.05, 0.1) is 11.9 Å². The molecule has 0 saturated carbocycles. The van der Waals surface area contributed by atoms with Crippen molar-refractivity contribution in [2.75, 3.05) is 6.26 Å². The summed E-state index contributed by atoms with van der Waals surface area (Å²) in [6, 6.07) is 0. The van der Waals surface area contributed by atoms with Gasteiger partial charge in [-0.2, -0.15) is 0 Å². The number of rotatable bonds is 1. The van der Waals surface area contributed by atoms with Crippen LogP contribution in [-0.4, -0.2) is 16.2 Å². The van der Waals surface area contributed by atoms with Crippen molar-refractivity contribution in [3.8, 4) is 0 Å². The Hall–Kier alpha value is -0.220. The average molecular weight is 172 g/mol. The first-order valence-corrected chi connectivity index (χ1v) is 4.48. The van der Waals surface area contributed by atoms with E-state index in [1.807, 2.05) is 13.2 Å². The molecule has 4 heteroatoms. The van der Waals surface area contributed by atoms with Gasteiger partial charge < -0.3 is 0 Å². The largest absolute Gasteiger partial charge is 0.245 e. The van der Waals surface area contributed by atoms with Gasteiger partial charge in [0.25, 0.3) is 0 Å². The van der Waals surface area contributed by atoms with Crippen molar-refractivity contribution in [2.24, 2.45) is 0 Å². The van der Waals surface area contributed by atoms with Crippen LogP contribution in [0.25, 0.3) is 0 Å². The summed E-state index contributed by atoms with van der Waals surface area (Å²) in [7, 11) is 0. The highest BCUT2D eigenvalue weighted by Crippen LogP contribution is 2.15. The van der Waals surface area contributed by atoms with Crippen molar-refractivity contribution in [2.45, 2.75) is 17.0 Å². The Kier molecular flexibility index (Phi) is 2.56. The van der Waals surface area contributed by atoms with E-state index in [-0.39, 0.29) is 0 Å². The summed E-state index contributed by atoms with van der Waals surface area (Å²) >= 11 is 5.65. The number of hydrogen-bond donors (Lipinski definition) is 1. The van der Waals surface area contributed by atoms with E-state index in [2.05, 4.69) is 22.6 Å². The molecule has 0 bridgehead atoms. The third kappa shape index (κ3) is 1.64. The van der Waals surface area contributed by atoms with Gasteiger partial charge in [0.1, 0.15) is 10.1 Å². The van der Waals surface area contributed by atoms with Crippen LogP contribution >= 0.6 is 24.4 Å². The van der Waals surface area contributed by atoms with E-state index in [4.69, 9.17) is 0 Å². The van der Waals surface area contributed by atoms with Crippen LogP contribution in [0.5, 0.6) is 0 Å². The van der Waals surface area contributed by atoms with Crippen LogP contribution in [0, 0.1) is 6.92 Å². The summed E-state index contributed by atoms with van der Waals surface area (Å²) in [6.45, 7) is 1.93. The molecule has 0 saturated heterocycles. The molecule has 54 valence electrons. The molecule has 1 heterocycles. The van der Waals surface area contributed by atoms with E-state index in [0.29, 0.717) is 5.03 Å². The van der Waals surface area contributed by atoms with Gasteiger partial charge in [-0.15, -0.1) is 24.4 Å². The first-order chi connectivity index (χ1) is 4.74. The average Bonchev–Trinajstić information content (AvgIpc) is 1.88. The van der Waals surface area contributed by atoms with E-state index >= 15 is 0 Å². The predicted octanol–water partition coefficient (Wildman–Crippen LogP) is 1.80. The lowest BCUT2D eigenvalue weighted by atomic mass is 10.5. The predicted molar refractivity (Wildman–Crippen MR) is 45.8 cm³/mol. The van der Waals surface area contributed by atoms with Crippen LogP contribution in [0.1, 0.15) is 5.69 Å². The molecule has 1 aromatic rings. The van der Waals surface area contributed by atoms with Crippen LogP contribution in [0.2, 0.25) is 0 Å². The standard InChI is InChI=1S/C6H8N2S2/c1-4-6(10-2)7-3-5(9)8-4/h3H,1-2H3,(H,8,9). The molecule has 1 aromatic heterocycles. The molecule has 0 spiro atoms. The minimum Gasteiger partial charge on any atom is -0.245 e. The Morgan fingerprint density at radius 2 is 2.30 bits per heavy atom. The van der Waals surface area contributed by atoms with Crippen molar-refractivity contribution in [1.82, 2.24) is 9.97 Å². The highest BCUT2D eigenvalue weighted by molar-refractivity contribution is 7.98. The Bertz CT molecular complexity index is 237. The molecule has 0 unspecified atom stereocenters. The van der Waals surface area contributed by atoms with Gasteiger partial charge in [-0.25, -0.2) is 9.97 Å². The number of thioether (sulfide) groups is 1. The second-order valence-electron chi connectivity index (χ2n) is 1.82. The quantitative estimate of drug-likeness (QED) is 0.516. The smallest absolute Gasteiger partial charge is 0.117 e. The molecule has 1 rings (SSSR count). The second kappa shape index (κ2) is 3.25. The number of nitrogens with zero attached hydrogens (tertiary/aromatic N) is 2. The van der Waals surface area contributed by atoms with Gasteiger partial charge >= 0.3 is 0 Å². The molecule has 0 amide bonds. The topological polar surface area (TPSA) is 25.8 Å². The van der Waals surface area contributed by atoms with Crippen LogP contribution in [0.3, 0.4) is 0 Å². The van der Waals surface area contributed by atoms with E-state index in [9.17, 15) is 0 Å². The van der Waals surface area contributed by atoms with Crippen LogP contribution in [-0.2, 0) is 0 Å². The number of aromatic nitrogens is 2. The summed E-state index contributed by atoms with van der Waals surface area (Å²) in [5.41, 5.74) is 0.944. The SMILES string of the molecule is CSc1ncc(S)nc1C. The summed E-state index contributed by atoms with van der Waals surface area (Å²) in [6.07, 6.45) is 3.64. The lowest BCUT2D eigenvalue weighted by molar-refractivity contribution is 0.915.